The molecule has 1 aliphatic heterocycles. The summed E-state index contributed by atoms with van der Waals surface area (Å²) in [5.74, 6) is 0.339. The third-order valence-corrected chi connectivity index (χ3v) is 5.27. The van der Waals surface area contributed by atoms with Gasteiger partial charge in [-0.1, -0.05) is 12.1 Å². The Morgan fingerprint density at radius 2 is 1.88 bits per heavy atom. The molecule has 2 heterocycles. The Labute approximate surface area is 186 Å². The number of amides is 2. The average Bonchev–Trinajstić information content (AvgIpc) is 2.84. The Bertz CT molecular complexity index is 1130. The minimum Gasteiger partial charge on any atom is -0.488 e. The lowest BCUT2D eigenvalue weighted by atomic mass is 9.97. The minimum absolute atomic E-state index is 0.142. The molecule has 164 valence electrons. The van der Waals surface area contributed by atoms with Crippen LogP contribution in [0.15, 0.2) is 60.9 Å². The van der Waals surface area contributed by atoms with Crippen molar-refractivity contribution in [1.82, 2.24) is 15.6 Å². The van der Waals surface area contributed by atoms with E-state index in [9.17, 15) is 9.59 Å². The van der Waals surface area contributed by atoms with Crippen molar-refractivity contribution in [3.05, 3.63) is 83.2 Å². The molecule has 1 aliphatic rings. The van der Waals surface area contributed by atoms with E-state index >= 15 is 0 Å². The molecule has 0 unspecified atom stereocenters. The Morgan fingerprint density at radius 3 is 2.75 bits per heavy atom. The SMILES string of the molecule is COCCCNC(=O)c1cccc(CNC(=O)c2ccc3c(c2)OCc2cnccc2-3)c1. The van der Waals surface area contributed by atoms with Gasteiger partial charge in [0.15, 0.2) is 0 Å². The first kappa shape index (κ1) is 21.5. The maximum Gasteiger partial charge on any atom is 0.251 e. The van der Waals surface area contributed by atoms with E-state index in [0.29, 0.717) is 43.2 Å². The summed E-state index contributed by atoms with van der Waals surface area (Å²) in [5.41, 5.74) is 4.98. The van der Waals surface area contributed by atoms with Crippen molar-refractivity contribution in [3.63, 3.8) is 0 Å². The highest BCUT2D eigenvalue weighted by Gasteiger charge is 2.19. The lowest BCUT2D eigenvalue weighted by molar-refractivity contribution is 0.0943. The standard InChI is InChI=1S/C25H25N3O4/c1-31-11-3-9-27-24(29)18-5-2-4-17(12-18)14-28-25(30)19-6-7-22-21-8-10-26-15-20(21)16-32-23(22)13-19/h2,4-8,10,12-13,15H,3,9,11,14,16H2,1H3,(H,27,29)(H,28,30). The summed E-state index contributed by atoms with van der Waals surface area (Å²) in [6.07, 6.45) is 4.31. The van der Waals surface area contributed by atoms with E-state index in [1.54, 1.807) is 43.8 Å². The quantitative estimate of drug-likeness (QED) is 0.534. The highest BCUT2D eigenvalue weighted by Crippen LogP contribution is 2.37. The molecular formula is C25H25N3O4. The Morgan fingerprint density at radius 1 is 1.03 bits per heavy atom. The summed E-state index contributed by atoms with van der Waals surface area (Å²) in [6, 6.07) is 14.6. The van der Waals surface area contributed by atoms with Crippen LogP contribution in [0.3, 0.4) is 0 Å². The van der Waals surface area contributed by atoms with E-state index in [4.69, 9.17) is 9.47 Å². The number of carbonyl (C=O) groups excluding carboxylic acids is 2. The molecule has 2 N–H and O–H groups in total. The molecule has 4 rings (SSSR count). The molecule has 7 heteroatoms. The zero-order valence-corrected chi connectivity index (χ0v) is 17.9. The molecule has 0 saturated heterocycles. The second kappa shape index (κ2) is 10.1. The molecule has 0 atom stereocenters. The molecule has 32 heavy (non-hydrogen) atoms. The number of fused-ring (bicyclic) bond motifs is 3. The number of rotatable bonds is 8. The molecule has 2 amide bonds. The molecule has 1 aromatic heterocycles. The van der Waals surface area contributed by atoms with E-state index in [0.717, 1.165) is 28.7 Å². The van der Waals surface area contributed by atoms with Gasteiger partial charge < -0.3 is 20.1 Å². The number of hydrogen-bond acceptors (Lipinski definition) is 5. The summed E-state index contributed by atoms with van der Waals surface area (Å²) < 4.78 is 10.8. The van der Waals surface area contributed by atoms with Crippen molar-refractivity contribution < 1.29 is 19.1 Å². The highest BCUT2D eigenvalue weighted by molar-refractivity contribution is 5.96. The molecule has 0 radical (unpaired) electrons. The summed E-state index contributed by atoms with van der Waals surface area (Å²) in [4.78, 5) is 29.1. The van der Waals surface area contributed by atoms with Gasteiger partial charge in [0.25, 0.3) is 11.8 Å². The number of aromatic nitrogens is 1. The van der Waals surface area contributed by atoms with E-state index < -0.39 is 0 Å². The highest BCUT2D eigenvalue weighted by atomic mass is 16.5. The normalized spacial score (nSPS) is 11.7. The van der Waals surface area contributed by atoms with Crippen molar-refractivity contribution in [3.8, 4) is 16.9 Å². The summed E-state index contributed by atoms with van der Waals surface area (Å²) in [5, 5.41) is 5.78. The second-order valence-electron chi connectivity index (χ2n) is 7.52. The summed E-state index contributed by atoms with van der Waals surface area (Å²) >= 11 is 0. The largest absolute Gasteiger partial charge is 0.488 e. The van der Waals surface area contributed by atoms with Gasteiger partial charge in [0.05, 0.1) is 0 Å². The Balaban J connectivity index is 1.38. The first-order valence-corrected chi connectivity index (χ1v) is 10.5. The maximum absolute atomic E-state index is 12.7. The number of ether oxygens (including phenoxy) is 2. The van der Waals surface area contributed by atoms with Crippen LogP contribution in [-0.2, 0) is 17.9 Å². The molecule has 0 bridgehead atoms. The smallest absolute Gasteiger partial charge is 0.251 e. The second-order valence-corrected chi connectivity index (χ2v) is 7.52. The number of benzene rings is 2. The fourth-order valence-electron chi connectivity index (χ4n) is 3.59. The van der Waals surface area contributed by atoms with E-state index in [1.165, 1.54) is 0 Å². The number of hydrogen-bond donors (Lipinski definition) is 2. The number of carbonyl (C=O) groups is 2. The number of methoxy groups -OCH3 is 1. The van der Waals surface area contributed by atoms with Gasteiger partial charge >= 0.3 is 0 Å². The zero-order chi connectivity index (χ0) is 22.3. The van der Waals surface area contributed by atoms with Crippen LogP contribution in [0.5, 0.6) is 5.75 Å². The van der Waals surface area contributed by atoms with Crippen molar-refractivity contribution in [2.24, 2.45) is 0 Å². The summed E-state index contributed by atoms with van der Waals surface area (Å²) in [6.45, 7) is 1.90. The van der Waals surface area contributed by atoms with Gasteiger partial charge in [-0.25, -0.2) is 0 Å². The molecule has 0 saturated carbocycles. The van der Waals surface area contributed by atoms with Crippen LogP contribution in [0, 0.1) is 0 Å². The lowest BCUT2D eigenvalue weighted by Crippen LogP contribution is -2.26. The summed E-state index contributed by atoms with van der Waals surface area (Å²) in [7, 11) is 1.63. The third kappa shape index (κ3) is 4.95. The molecule has 3 aromatic rings. The fourth-order valence-corrected chi connectivity index (χ4v) is 3.59. The van der Waals surface area contributed by atoms with Gasteiger partial charge in [0, 0.05) is 61.5 Å². The van der Waals surface area contributed by atoms with E-state index in [1.807, 2.05) is 24.3 Å². The van der Waals surface area contributed by atoms with Gasteiger partial charge in [0.2, 0.25) is 0 Å². The minimum atomic E-state index is -0.202. The number of nitrogens with one attached hydrogen (secondary N) is 2. The van der Waals surface area contributed by atoms with Gasteiger partial charge in [-0.2, -0.15) is 0 Å². The molecule has 0 fully saturated rings. The first-order chi connectivity index (χ1) is 15.7. The predicted molar refractivity (Wildman–Crippen MR) is 120 cm³/mol. The maximum atomic E-state index is 12.7. The van der Waals surface area contributed by atoms with Crippen LogP contribution in [0.25, 0.3) is 11.1 Å². The van der Waals surface area contributed by atoms with Gasteiger partial charge in [-0.3, -0.25) is 14.6 Å². The predicted octanol–water partition coefficient (Wildman–Crippen LogP) is 3.34. The van der Waals surface area contributed by atoms with Crippen molar-refractivity contribution in [2.75, 3.05) is 20.3 Å². The molecular weight excluding hydrogens is 406 g/mol. The molecule has 7 nitrogen and oxygen atoms in total. The molecule has 2 aromatic carbocycles. The van der Waals surface area contributed by atoms with Crippen LogP contribution in [0.4, 0.5) is 0 Å². The van der Waals surface area contributed by atoms with E-state index in [2.05, 4.69) is 15.6 Å². The average molecular weight is 431 g/mol. The van der Waals surface area contributed by atoms with Crippen LogP contribution in [0.2, 0.25) is 0 Å². The van der Waals surface area contributed by atoms with Crippen LogP contribution in [0.1, 0.15) is 38.3 Å². The van der Waals surface area contributed by atoms with Gasteiger partial charge in [-0.15, -0.1) is 0 Å². The third-order valence-electron chi connectivity index (χ3n) is 5.27. The molecule has 0 spiro atoms. The number of nitrogens with zero attached hydrogens (tertiary/aromatic N) is 1. The van der Waals surface area contributed by atoms with Crippen molar-refractivity contribution >= 4 is 11.8 Å². The topological polar surface area (TPSA) is 89.6 Å². The molecule has 0 aliphatic carbocycles. The van der Waals surface area contributed by atoms with Crippen LogP contribution in [-0.4, -0.2) is 37.1 Å². The van der Waals surface area contributed by atoms with E-state index in [-0.39, 0.29) is 11.8 Å². The number of pyridine rings is 1. The van der Waals surface area contributed by atoms with Crippen LogP contribution >= 0.6 is 0 Å². The van der Waals surface area contributed by atoms with Gasteiger partial charge in [-0.05, 0) is 53.9 Å². The van der Waals surface area contributed by atoms with Crippen molar-refractivity contribution in [2.45, 2.75) is 19.6 Å². The van der Waals surface area contributed by atoms with Gasteiger partial charge in [0.1, 0.15) is 12.4 Å². The van der Waals surface area contributed by atoms with Crippen LogP contribution < -0.4 is 15.4 Å². The zero-order valence-electron chi connectivity index (χ0n) is 17.9. The lowest BCUT2D eigenvalue weighted by Gasteiger charge is -2.20. The Kier molecular flexibility index (Phi) is 6.77. The first-order valence-electron chi connectivity index (χ1n) is 10.5. The monoisotopic (exact) mass is 431 g/mol. The fraction of sp³-hybridized carbons (Fsp3) is 0.240. The Hall–Kier alpha value is -3.71. The van der Waals surface area contributed by atoms with Crippen molar-refractivity contribution in [1.29, 1.82) is 0 Å².